The van der Waals surface area contributed by atoms with Crippen LogP contribution in [0.15, 0.2) is 35.1 Å². The van der Waals surface area contributed by atoms with Crippen LogP contribution in [0.4, 0.5) is 0 Å². The summed E-state index contributed by atoms with van der Waals surface area (Å²) in [5.74, 6) is -0.893. The van der Waals surface area contributed by atoms with Crippen LogP contribution in [0, 0.1) is 28.6 Å². The van der Waals surface area contributed by atoms with E-state index in [1.54, 1.807) is 19.9 Å². The quantitative estimate of drug-likeness (QED) is 0.516. The lowest BCUT2D eigenvalue weighted by molar-refractivity contribution is -0.255. The Bertz CT molecular complexity index is 967. The summed E-state index contributed by atoms with van der Waals surface area (Å²) in [5, 5.41) is 10.8. The molecule has 1 unspecified atom stereocenters. The highest BCUT2D eigenvalue weighted by molar-refractivity contribution is 6.24. The van der Waals surface area contributed by atoms with Gasteiger partial charge in [-0.05, 0) is 62.5 Å². The minimum atomic E-state index is -0.697. The molecule has 5 nitrogen and oxygen atoms in total. The van der Waals surface area contributed by atoms with Gasteiger partial charge in [0.1, 0.15) is 5.60 Å². The van der Waals surface area contributed by atoms with Crippen LogP contribution in [0.1, 0.15) is 73.6 Å². The molecular formula is C27H36O5. The zero-order chi connectivity index (χ0) is 23.6. The van der Waals surface area contributed by atoms with E-state index in [2.05, 4.69) is 27.7 Å². The van der Waals surface area contributed by atoms with Gasteiger partial charge in [0.05, 0.1) is 6.10 Å². The molecule has 6 atom stereocenters. The highest BCUT2D eigenvalue weighted by Crippen LogP contribution is 2.67. The number of aliphatic hydroxyl groups excluding tert-OH is 1. The fourth-order valence-electron chi connectivity index (χ4n) is 7.02. The molecule has 32 heavy (non-hydrogen) atoms. The van der Waals surface area contributed by atoms with E-state index >= 15 is 0 Å². The van der Waals surface area contributed by atoms with E-state index in [-0.39, 0.29) is 45.4 Å². The monoisotopic (exact) mass is 440 g/mol. The van der Waals surface area contributed by atoms with Crippen LogP contribution in [0.25, 0.3) is 0 Å². The molecule has 4 aliphatic rings. The molecule has 3 aliphatic carbocycles. The van der Waals surface area contributed by atoms with Gasteiger partial charge in [0.25, 0.3) is 0 Å². The molecule has 2 fully saturated rings. The van der Waals surface area contributed by atoms with Crippen molar-refractivity contribution in [3.63, 3.8) is 0 Å². The largest absolute Gasteiger partial charge is 0.482 e. The Morgan fingerprint density at radius 1 is 1.22 bits per heavy atom. The van der Waals surface area contributed by atoms with Crippen LogP contribution in [0.2, 0.25) is 0 Å². The average Bonchev–Trinajstić information content (AvgIpc) is 2.73. The Hall–Kier alpha value is -2.01. The minimum absolute atomic E-state index is 0.0772. The highest BCUT2D eigenvalue weighted by Gasteiger charge is 2.68. The van der Waals surface area contributed by atoms with Crippen molar-refractivity contribution >= 4 is 17.3 Å². The Morgan fingerprint density at radius 3 is 2.56 bits per heavy atom. The van der Waals surface area contributed by atoms with E-state index < -0.39 is 17.6 Å². The van der Waals surface area contributed by atoms with Gasteiger partial charge in [0.2, 0.25) is 5.78 Å². The number of ether oxygens (including phenoxy) is 1. The molecule has 1 heterocycles. The summed E-state index contributed by atoms with van der Waals surface area (Å²) in [6.45, 7) is 12.0. The van der Waals surface area contributed by atoms with E-state index in [0.29, 0.717) is 30.8 Å². The molecular weight excluding hydrogens is 404 g/mol. The summed E-state index contributed by atoms with van der Waals surface area (Å²) in [4.78, 5) is 39.2. The Kier molecular flexibility index (Phi) is 5.44. The van der Waals surface area contributed by atoms with Gasteiger partial charge in [-0.3, -0.25) is 14.4 Å². The van der Waals surface area contributed by atoms with Gasteiger partial charge < -0.3 is 9.84 Å². The summed E-state index contributed by atoms with van der Waals surface area (Å²) < 4.78 is 6.77. The maximum Gasteiger partial charge on any atom is 0.224 e. The molecule has 0 saturated heterocycles. The molecule has 0 aromatic rings. The lowest BCUT2D eigenvalue weighted by atomic mass is 9.43. The summed E-state index contributed by atoms with van der Waals surface area (Å²) in [6.07, 6.45) is 7.71. The first-order valence-corrected chi connectivity index (χ1v) is 12.0. The van der Waals surface area contributed by atoms with Crippen molar-refractivity contribution in [3.05, 3.63) is 35.1 Å². The van der Waals surface area contributed by atoms with Crippen molar-refractivity contribution in [1.29, 1.82) is 0 Å². The molecule has 2 saturated carbocycles. The van der Waals surface area contributed by atoms with Crippen LogP contribution in [-0.2, 0) is 19.1 Å². The van der Waals surface area contributed by atoms with Crippen LogP contribution >= 0.6 is 0 Å². The van der Waals surface area contributed by atoms with Gasteiger partial charge in [-0.15, -0.1) is 0 Å². The van der Waals surface area contributed by atoms with Gasteiger partial charge >= 0.3 is 0 Å². The summed E-state index contributed by atoms with van der Waals surface area (Å²) in [5.41, 5.74) is -0.602. The number of aliphatic hydroxyl groups is 1. The molecule has 0 aromatic carbocycles. The van der Waals surface area contributed by atoms with Gasteiger partial charge in [0, 0.05) is 28.4 Å². The Morgan fingerprint density at radius 2 is 1.91 bits per heavy atom. The number of hydrogen-bond acceptors (Lipinski definition) is 5. The number of rotatable bonds is 3. The molecule has 1 spiro atoms. The molecule has 1 N–H and O–H groups in total. The second-order valence-corrected chi connectivity index (χ2v) is 11.2. The summed E-state index contributed by atoms with van der Waals surface area (Å²) in [6, 6.07) is 0. The topological polar surface area (TPSA) is 80.7 Å². The Balaban J connectivity index is 1.80. The van der Waals surface area contributed by atoms with Crippen molar-refractivity contribution in [3.8, 4) is 0 Å². The number of ketones is 3. The SMILES string of the molecule is C/C=C/C(=O)[C@@H](C)C1=CC(=O)C2=C(O[C@@]34CCC(O)C(C)(C)[C@@H]3CC[C@H](C)[C@@]4(C)C2)C1=O. The number of allylic oxidation sites excluding steroid dienone is 5. The van der Waals surface area contributed by atoms with Gasteiger partial charge in [-0.1, -0.05) is 40.7 Å². The van der Waals surface area contributed by atoms with E-state index in [1.807, 2.05) is 0 Å². The third kappa shape index (κ3) is 2.96. The molecule has 0 bridgehead atoms. The molecule has 174 valence electrons. The molecule has 0 aromatic heterocycles. The zero-order valence-electron chi connectivity index (χ0n) is 20.2. The molecule has 5 heteroatoms. The van der Waals surface area contributed by atoms with Gasteiger partial charge in [-0.2, -0.15) is 0 Å². The predicted octanol–water partition coefficient (Wildman–Crippen LogP) is 4.49. The van der Waals surface area contributed by atoms with Crippen molar-refractivity contribution < 1.29 is 24.2 Å². The summed E-state index contributed by atoms with van der Waals surface area (Å²) in [7, 11) is 0. The third-order valence-corrected chi connectivity index (χ3v) is 9.43. The smallest absolute Gasteiger partial charge is 0.224 e. The molecule has 1 aliphatic heterocycles. The van der Waals surface area contributed by atoms with Crippen molar-refractivity contribution in [1.82, 2.24) is 0 Å². The van der Waals surface area contributed by atoms with Crippen LogP contribution in [0.3, 0.4) is 0 Å². The third-order valence-electron chi connectivity index (χ3n) is 9.43. The number of Topliss-reactive ketones (excluding diaryl/α,β-unsaturated/α-hetero) is 1. The van der Waals surface area contributed by atoms with Gasteiger partial charge in [-0.25, -0.2) is 0 Å². The van der Waals surface area contributed by atoms with Crippen LogP contribution in [0.5, 0.6) is 0 Å². The van der Waals surface area contributed by atoms with E-state index in [4.69, 9.17) is 4.74 Å². The van der Waals surface area contributed by atoms with Crippen molar-refractivity contribution in [2.24, 2.45) is 28.6 Å². The van der Waals surface area contributed by atoms with E-state index in [0.717, 1.165) is 12.8 Å². The van der Waals surface area contributed by atoms with E-state index in [9.17, 15) is 19.5 Å². The Labute approximate surface area is 191 Å². The normalized spacial score (nSPS) is 39.6. The fourth-order valence-corrected chi connectivity index (χ4v) is 7.02. The van der Waals surface area contributed by atoms with Gasteiger partial charge in [0.15, 0.2) is 17.3 Å². The first kappa shape index (κ1) is 23.2. The first-order chi connectivity index (χ1) is 14.9. The van der Waals surface area contributed by atoms with Crippen molar-refractivity contribution in [2.75, 3.05) is 0 Å². The molecule has 4 rings (SSSR count). The lowest BCUT2D eigenvalue weighted by Gasteiger charge is -2.67. The number of carbonyl (C=O) groups is 3. The summed E-state index contributed by atoms with van der Waals surface area (Å²) >= 11 is 0. The molecule has 0 amide bonds. The average molecular weight is 441 g/mol. The highest BCUT2D eigenvalue weighted by atomic mass is 16.5. The van der Waals surface area contributed by atoms with Crippen LogP contribution < -0.4 is 0 Å². The lowest BCUT2D eigenvalue weighted by Crippen LogP contribution is -2.68. The van der Waals surface area contributed by atoms with Crippen molar-refractivity contribution in [2.45, 2.75) is 85.4 Å². The molecule has 0 radical (unpaired) electrons. The maximum absolute atomic E-state index is 13.6. The maximum atomic E-state index is 13.6. The number of hydrogen-bond donors (Lipinski definition) is 1. The second kappa shape index (κ2) is 7.51. The zero-order valence-corrected chi connectivity index (χ0v) is 20.2. The van der Waals surface area contributed by atoms with Crippen LogP contribution in [-0.4, -0.2) is 34.2 Å². The standard InChI is InChI=1S/C27H36O5/c1-7-8-19(28)16(3)17-13-20(29)18-14-26(6)15(2)9-10-21-25(4,5)22(30)11-12-27(21,26)32-24(18)23(17)31/h7-8,13,15-16,21-22,30H,9-12,14H2,1-6H3/b8-7+/t15-,16-,21-,22?,26+,27-/m0/s1. The van der Waals surface area contributed by atoms with E-state index in [1.165, 1.54) is 12.2 Å². The minimum Gasteiger partial charge on any atom is -0.482 e. The predicted molar refractivity (Wildman–Crippen MR) is 122 cm³/mol. The number of carbonyl (C=O) groups excluding carboxylic acids is 3. The second-order valence-electron chi connectivity index (χ2n) is 11.2. The fraction of sp³-hybridized carbons (Fsp3) is 0.667. The first-order valence-electron chi connectivity index (χ1n) is 12.0.